The maximum absolute atomic E-state index is 12.5. The summed E-state index contributed by atoms with van der Waals surface area (Å²) >= 11 is 0. The van der Waals surface area contributed by atoms with Crippen molar-refractivity contribution in [2.24, 2.45) is 0 Å². The number of ether oxygens (including phenoxy) is 2. The van der Waals surface area contributed by atoms with Crippen LogP contribution in [0.5, 0.6) is 5.75 Å². The van der Waals surface area contributed by atoms with E-state index in [1.807, 2.05) is 54.6 Å². The third kappa shape index (κ3) is 5.96. The topological polar surface area (TPSA) is 76.8 Å². The molecule has 0 bridgehead atoms. The van der Waals surface area contributed by atoms with Gasteiger partial charge in [-0.2, -0.15) is 0 Å². The number of likely N-dealkylation sites (N-methyl/N-ethyl adjacent to an activating group) is 1. The Kier molecular flexibility index (Phi) is 7.53. The zero-order chi connectivity index (χ0) is 22.2. The fraction of sp³-hybridized carbons (Fsp3) is 0.360. The van der Waals surface area contributed by atoms with Crippen LogP contribution < -0.4 is 10.1 Å². The number of nitrogens with one attached hydrogen (secondary N) is 1. The maximum atomic E-state index is 12.5. The van der Waals surface area contributed by atoms with E-state index in [0.29, 0.717) is 25.0 Å². The predicted molar refractivity (Wildman–Crippen MR) is 122 cm³/mol. The average Bonchev–Trinajstić information content (AvgIpc) is 3.34. The van der Waals surface area contributed by atoms with Gasteiger partial charge >= 0.3 is 0 Å². The van der Waals surface area contributed by atoms with Crippen LogP contribution in [-0.4, -0.2) is 55.4 Å². The summed E-state index contributed by atoms with van der Waals surface area (Å²) < 4.78 is 16.7. The van der Waals surface area contributed by atoms with Crippen LogP contribution in [0.4, 0.5) is 0 Å². The van der Waals surface area contributed by atoms with Crippen LogP contribution in [0.3, 0.4) is 0 Å². The highest BCUT2D eigenvalue weighted by Crippen LogP contribution is 2.20. The Balaban J connectivity index is 1.25. The lowest BCUT2D eigenvalue weighted by atomic mass is 10.1. The zero-order valence-electron chi connectivity index (χ0n) is 18.3. The predicted octanol–water partition coefficient (Wildman–Crippen LogP) is 3.76. The van der Waals surface area contributed by atoms with Gasteiger partial charge < -0.3 is 19.3 Å². The lowest BCUT2D eigenvalue weighted by molar-refractivity contribution is 0.0392. The number of rotatable bonds is 9. The van der Waals surface area contributed by atoms with Crippen LogP contribution in [0.15, 0.2) is 65.2 Å². The molecule has 32 heavy (non-hydrogen) atoms. The summed E-state index contributed by atoms with van der Waals surface area (Å²) in [5.41, 5.74) is 2.10. The van der Waals surface area contributed by atoms with Gasteiger partial charge in [0, 0.05) is 44.0 Å². The van der Waals surface area contributed by atoms with E-state index in [2.05, 4.69) is 22.4 Å². The van der Waals surface area contributed by atoms with Crippen LogP contribution >= 0.6 is 0 Å². The molecule has 0 radical (unpaired) electrons. The molecule has 2 aromatic carbocycles. The Morgan fingerprint density at radius 2 is 1.94 bits per heavy atom. The minimum atomic E-state index is -0.277. The van der Waals surface area contributed by atoms with Gasteiger partial charge in [0.1, 0.15) is 12.4 Å². The van der Waals surface area contributed by atoms with Crippen molar-refractivity contribution in [2.45, 2.75) is 25.4 Å². The molecule has 0 atom stereocenters. The fourth-order valence-corrected chi connectivity index (χ4v) is 3.75. The normalized spacial score (nSPS) is 14.4. The van der Waals surface area contributed by atoms with Crippen molar-refractivity contribution in [3.63, 3.8) is 0 Å². The second-order valence-electron chi connectivity index (χ2n) is 7.95. The summed E-state index contributed by atoms with van der Waals surface area (Å²) in [4.78, 5) is 14.8. The van der Waals surface area contributed by atoms with Crippen molar-refractivity contribution in [1.29, 1.82) is 0 Å². The highest BCUT2D eigenvalue weighted by Gasteiger charge is 2.18. The number of hydrogen-bond donors (Lipinski definition) is 1. The molecule has 1 saturated heterocycles. The first-order valence-corrected chi connectivity index (χ1v) is 11.0. The molecule has 0 saturated carbocycles. The molecular weight excluding hydrogens is 406 g/mol. The summed E-state index contributed by atoms with van der Waals surface area (Å²) in [6.45, 7) is 3.54. The molecular formula is C25H29N3O4. The molecule has 1 N–H and O–H groups in total. The van der Waals surface area contributed by atoms with Crippen LogP contribution in [0.25, 0.3) is 11.3 Å². The summed E-state index contributed by atoms with van der Waals surface area (Å²) in [7, 11) is 2.14. The van der Waals surface area contributed by atoms with Crippen molar-refractivity contribution < 1.29 is 18.8 Å². The lowest BCUT2D eigenvalue weighted by Crippen LogP contribution is -2.38. The fourth-order valence-electron chi connectivity index (χ4n) is 3.75. The number of carbonyl (C=O) groups is 1. The SMILES string of the molecule is CN(CCOc1cccc(CNC(=O)c2cc(-c3ccccc3)on2)c1)C1CCOCC1. The monoisotopic (exact) mass is 435 g/mol. The molecule has 1 aromatic heterocycles. The van der Waals surface area contributed by atoms with E-state index in [4.69, 9.17) is 14.0 Å². The van der Waals surface area contributed by atoms with Crippen LogP contribution in [0, 0.1) is 0 Å². The number of carbonyl (C=O) groups excluding carboxylic acids is 1. The molecule has 1 fully saturated rings. The number of amides is 1. The molecule has 2 heterocycles. The van der Waals surface area contributed by atoms with Crippen molar-refractivity contribution in [2.75, 3.05) is 33.4 Å². The molecule has 0 spiro atoms. The smallest absolute Gasteiger partial charge is 0.273 e. The Labute approximate surface area is 188 Å². The summed E-state index contributed by atoms with van der Waals surface area (Å²) in [6, 6.07) is 19.6. The summed E-state index contributed by atoms with van der Waals surface area (Å²) in [5, 5.41) is 6.78. The van der Waals surface area contributed by atoms with Crippen molar-refractivity contribution in [1.82, 2.24) is 15.4 Å². The number of benzene rings is 2. The van der Waals surface area contributed by atoms with E-state index in [0.717, 1.165) is 49.5 Å². The molecule has 1 aliphatic rings. The molecule has 168 valence electrons. The quantitative estimate of drug-likeness (QED) is 0.552. The molecule has 1 aliphatic heterocycles. The summed E-state index contributed by atoms with van der Waals surface area (Å²) in [5.74, 6) is 1.09. The van der Waals surface area contributed by atoms with Crippen molar-refractivity contribution in [3.05, 3.63) is 71.9 Å². The number of nitrogens with zero attached hydrogens (tertiary/aromatic N) is 2. The molecule has 0 aliphatic carbocycles. The molecule has 7 heteroatoms. The van der Waals surface area contributed by atoms with Crippen LogP contribution in [0.2, 0.25) is 0 Å². The van der Waals surface area contributed by atoms with E-state index in [9.17, 15) is 4.79 Å². The Morgan fingerprint density at radius 3 is 2.75 bits per heavy atom. The highest BCUT2D eigenvalue weighted by atomic mass is 16.5. The first-order valence-electron chi connectivity index (χ1n) is 11.0. The minimum Gasteiger partial charge on any atom is -0.492 e. The zero-order valence-corrected chi connectivity index (χ0v) is 18.3. The van der Waals surface area contributed by atoms with E-state index >= 15 is 0 Å². The third-order valence-electron chi connectivity index (χ3n) is 5.68. The lowest BCUT2D eigenvalue weighted by Gasteiger charge is -2.31. The van der Waals surface area contributed by atoms with Gasteiger partial charge in [-0.25, -0.2) is 0 Å². The number of hydrogen-bond acceptors (Lipinski definition) is 6. The molecule has 1 amide bonds. The molecule has 7 nitrogen and oxygen atoms in total. The van der Waals surface area contributed by atoms with Gasteiger partial charge in [0.15, 0.2) is 11.5 Å². The van der Waals surface area contributed by atoms with Gasteiger partial charge in [-0.05, 0) is 37.6 Å². The van der Waals surface area contributed by atoms with E-state index < -0.39 is 0 Å². The van der Waals surface area contributed by atoms with Gasteiger partial charge in [0.2, 0.25) is 0 Å². The highest BCUT2D eigenvalue weighted by molar-refractivity contribution is 5.93. The first-order chi connectivity index (χ1) is 15.7. The standard InChI is InChI=1S/C25H29N3O4/c1-28(21-10-13-30-14-11-21)12-15-31-22-9-5-6-19(16-22)18-26-25(29)23-17-24(32-27-23)20-7-3-2-4-8-20/h2-9,16-17,21H,10-15,18H2,1H3,(H,26,29). The van der Waals surface area contributed by atoms with Gasteiger partial charge in [-0.3, -0.25) is 9.69 Å². The van der Waals surface area contributed by atoms with E-state index in [1.165, 1.54) is 0 Å². The van der Waals surface area contributed by atoms with Crippen molar-refractivity contribution in [3.8, 4) is 17.1 Å². The molecule has 0 unspecified atom stereocenters. The molecule has 3 aromatic rings. The van der Waals surface area contributed by atoms with Crippen molar-refractivity contribution >= 4 is 5.91 Å². The average molecular weight is 436 g/mol. The minimum absolute atomic E-state index is 0.257. The Bertz CT molecular complexity index is 999. The Morgan fingerprint density at radius 1 is 1.12 bits per heavy atom. The Hall–Kier alpha value is -3.16. The van der Waals surface area contributed by atoms with Gasteiger partial charge in [-0.1, -0.05) is 47.6 Å². The third-order valence-corrected chi connectivity index (χ3v) is 5.68. The summed E-state index contributed by atoms with van der Waals surface area (Å²) in [6.07, 6.45) is 2.15. The maximum Gasteiger partial charge on any atom is 0.273 e. The molecule has 4 rings (SSSR count). The van der Waals surface area contributed by atoms with Crippen LogP contribution in [0.1, 0.15) is 28.9 Å². The van der Waals surface area contributed by atoms with Gasteiger partial charge in [-0.15, -0.1) is 0 Å². The second-order valence-corrected chi connectivity index (χ2v) is 7.95. The van der Waals surface area contributed by atoms with Crippen LogP contribution in [-0.2, 0) is 11.3 Å². The number of aromatic nitrogens is 1. The first kappa shape index (κ1) is 22.0. The van der Waals surface area contributed by atoms with Gasteiger partial charge in [0.05, 0.1) is 0 Å². The van der Waals surface area contributed by atoms with E-state index in [1.54, 1.807) is 6.07 Å². The van der Waals surface area contributed by atoms with Gasteiger partial charge in [0.25, 0.3) is 5.91 Å². The second kappa shape index (κ2) is 10.9. The van der Waals surface area contributed by atoms with E-state index in [-0.39, 0.29) is 11.6 Å². The largest absolute Gasteiger partial charge is 0.492 e.